The highest BCUT2D eigenvalue weighted by Crippen LogP contribution is 2.50. The van der Waals surface area contributed by atoms with Crippen LogP contribution in [0.15, 0.2) is 243 Å². The number of para-hydroxylation sites is 2. The molecule has 2 nitrogen and oxygen atoms in total. The predicted molar refractivity (Wildman–Crippen MR) is 367 cm³/mol. The van der Waals surface area contributed by atoms with Crippen molar-refractivity contribution >= 4 is 89.5 Å². The zero-order valence-electron chi connectivity index (χ0n) is 49.8. The molecule has 0 amide bonds. The molecule has 0 unspecified atom stereocenters. The Labute approximate surface area is 499 Å². The minimum Gasteiger partial charge on any atom is -0.309 e. The number of aromatic nitrogens is 2. The fourth-order valence-corrected chi connectivity index (χ4v) is 13.8. The third-order valence-corrected chi connectivity index (χ3v) is 18.5. The van der Waals surface area contributed by atoms with Gasteiger partial charge in [0.1, 0.15) is 0 Å². The van der Waals surface area contributed by atoms with Crippen LogP contribution in [0.5, 0.6) is 0 Å². The molecule has 0 fully saturated rings. The molecule has 0 bridgehead atoms. The number of rotatable bonds is 8. The van der Waals surface area contributed by atoms with Gasteiger partial charge < -0.3 is 9.13 Å². The van der Waals surface area contributed by atoms with E-state index in [1.807, 2.05) is 0 Å². The van der Waals surface area contributed by atoms with Gasteiger partial charge in [0, 0.05) is 38.3 Å². The van der Waals surface area contributed by atoms with Gasteiger partial charge >= 0.3 is 0 Å². The fourth-order valence-electron chi connectivity index (χ4n) is 13.8. The Kier molecular flexibility index (Phi) is 12.1. The van der Waals surface area contributed by atoms with Gasteiger partial charge in [-0.25, -0.2) is 0 Å². The Hall–Kier alpha value is -9.76. The summed E-state index contributed by atoms with van der Waals surface area (Å²) in [4.78, 5) is 0. The third kappa shape index (κ3) is 8.77. The van der Waals surface area contributed by atoms with Gasteiger partial charge in [-0.3, -0.25) is 0 Å². The molecule has 2 aromatic heterocycles. The molecular weight excluding hydrogens is 1020 g/mol. The molecule has 0 saturated heterocycles. The van der Waals surface area contributed by atoms with Crippen molar-refractivity contribution in [2.75, 3.05) is 0 Å². The molecule has 0 saturated carbocycles. The van der Waals surface area contributed by atoms with Gasteiger partial charge in [0.25, 0.3) is 0 Å². The van der Waals surface area contributed by atoms with E-state index < -0.39 is 0 Å². The molecule has 2 heterocycles. The lowest BCUT2D eigenvalue weighted by Gasteiger charge is -2.22. The molecule has 0 N–H and O–H groups in total. The van der Waals surface area contributed by atoms with E-state index in [4.69, 9.17) is 0 Å². The van der Waals surface area contributed by atoms with Crippen molar-refractivity contribution in [3.63, 3.8) is 0 Å². The molecule has 15 rings (SSSR count). The highest BCUT2D eigenvalue weighted by molar-refractivity contribution is 6.13. The van der Waals surface area contributed by atoms with E-state index in [0.717, 1.165) is 0 Å². The van der Waals surface area contributed by atoms with Gasteiger partial charge in [-0.15, -0.1) is 0 Å². The molecule has 2 heteroatoms. The maximum absolute atomic E-state index is 2.42. The van der Waals surface area contributed by atoms with Crippen LogP contribution in [0.25, 0.3) is 134 Å². The SMILES string of the molecule is CC(C)(C)c1ccc(-n2c3ccccc3c3cc(-c4ccc(/C=C/c5ccc6c(c5)C(C)(C)c5cc(/C=C/c7ccc(-c8ccc9c(c8)c8ccccc8n9-c8ccc(C(C)(C)C)cc8)c8ccccc78)ccc5-6)c5ccccc45)ccc32)cc1. The minimum absolute atomic E-state index is 0.0981. The van der Waals surface area contributed by atoms with Gasteiger partial charge in [0.05, 0.1) is 22.1 Å². The summed E-state index contributed by atoms with van der Waals surface area (Å²) in [5.41, 5.74) is 25.0. The Morgan fingerprint density at radius 3 is 1.05 bits per heavy atom. The van der Waals surface area contributed by atoms with Crippen LogP contribution in [-0.2, 0) is 16.2 Å². The van der Waals surface area contributed by atoms with Gasteiger partial charge in [-0.1, -0.05) is 262 Å². The van der Waals surface area contributed by atoms with E-state index in [9.17, 15) is 0 Å². The first-order valence-corrected chi connectivity index (χ1v) is 30.1. The topological polar surface area (TPSA) is 9.86 Å². The van der Waals surface area contributed by atoms with Crippen LogP contribution in [0.4, 0.5) is 0 Å². The van der Waals surface area contributed by atoms with Crippen LogP contribution in [0.1, 0.15) is 99.9 Å². The van der Waals surface area contributed by atoms with E-state index >= 15 is 0 Å². The van der Waals surface area contributed by atoms with Gasteiger partial charge in [-0.05, 0) is 171 Å². The number of nitrogens with zero attached hydrogens (tertiary/aromatic N) is 2. The highest BCUT2D eigenvalue weighted by Gasteiger charge is 2.35. The summed E-state index contributed by atoms with van der Waals surface area (Å²) >= 11 is 0. The van der Waals surface area contributed by atoms with E-state index in [0.29, 0.717) is 0 Å². The molecule has 85 heavy (non-hydrogen) atoms. The van der Waals surface area contributed by atoms with E-state index in [1.54, 1.807) is 0 Å². The summed E-state index contributed by atoms with van der Waals surface area (Å²) in [6.45, 7) is 18.4. The van der Waals surface area contributed by atoms with Crippen molar-refractivity contribution < 1.29 is 0 Å². The van der Waals surface area contributed by atoms with E-state index in [2.05, 4.69) is 331 Å². The molecule has 410 valence electrons. The molecular formula is C83H68N2. The van der Waals surface area contributed by atoms with Crippen molar-refractivity contribution in [1.82, 2.24) is 9.13 Å². The molecule has 0 spiro atoms. The van der Waals surface area contributed by atoms with Crippen LogP contribution >= 0.6 is 0 Å². The zero-order chi connectivity index (χ0) is 57.9. The normalized spacial score (nSPS) is 13.4. The Morgan fingerprint density at radius 2 is 0.647 bits per heavy atom. The number of hydrogen-bond acceptors (Lipinski definition) is 0. The summed E-state index contributed by atoms with van der Waals surface area (Å²) < 4.78 is 4.83. The fraction of sp³-hybridized carbons (Fsp3) is 0.133. The lowest BCUT2D eigenvalue weighted by atomic mass is 9.81. The maximum atomic E-state index is 2.42. The lowest BCUT2D eigenvalue weighted by molar-refractivity contribution is 0.590. The number of hydrogen-bond donors (Lipinski definition) is 0. The van der Waals surface area contributed by atoms with Crippen molar-refractivity contribution in [2.24, 2.45) is 0 Å². The summed E-state index contributed by atoms with van der Waals surface area (Å²) in [6, 6.07) is 90.9. The van der Waals surface area contributed by atoms with Crippen LogP contribution in [0.3, 0.4) is 0 Å². The average molecular weight is 1090 g/mol. The second-order valence-electron chi connectivity index (χ2n) is 26.2. The van der Waals surface area contributed by atoms with Crippen molar-refractivity contribution in [2.45, 2.75) is 71.6 Å². The summed E-state index contributed by atoms with van der Waals surface area (Å²) in [5.74, 6) is 0. The van der Waals surface area contributed by atoms with Crippen molar-refractivity contribution in [1.29, 1.82) is 0 Å². The van der Waals surface area contributed by atoms with Crippen molar-refractivity contribution in [3.8, 4) is 44.8 Å². The Morgan fingerprint density at radius 1 is 0.294 bits per heavy atom. The molecule has 1 aliphatic rings. The average Bonchev–Trinajstić information content (AvgIpc) is 1.76. The van der Waals surface area contributed by atoms with E-state index in [-0.39, 0.29) is 16.2 Å². The predicted octanol–water partition coefficient (Wildman–Crippen LogP) is 22.8. The summed E-state index contributed by atoms with van der Waals surface area (Å²) in [6.07, 6.45) is 9.19. The van der Waals surface area contributed by atoms with Crippen LogP contribution in [0.2, 0.25) is 0 Å². The second-order valence-corrected chi connectivity index (χ2v) is 26.2. The molecule has 12 aromatic carbocycles. The van der Waals surface area contributed by atoms with E-state index in [1.165, 1.54) is 154 Å². The smallest absolute Gasteiger partial charge is 0.0541 e. The first-order valence-electron chi connectivity index (χ1n) is 30.1. The lowest BCUT2D eigenvalue weighted by Crippen LogP contribution is -2.15. The summed E-state index contributed by atoms with van der Waals surface area (Å²) in [7, 11) is 0. The first kappa shape index (κ1) is 52.1. The number of benzene rings is 12. The van der Waals surface area contributed by atoms with Gasteiger partial charge in [0.15, 0.2) is 0 Å². The van der Waals surface area contributed by atoms with Gasteiger partial charge in [0.2, 0.25) is 0 Å². The monoisotopic (exact) mass is 1090 g/mol. The zero-order valence-corrected chi connectivity index (χ0v) is 49.8. The minimum atomic E-state index is -0.171. The quantitative estimate of drug-likeness (QED) is 0.134. The largest absolute Gasteiger partial charge is 0.309 e. The molecule has 1 aliphatic carbocycles. The summed E-state index contributed by atoms with van der Waals surface area (Å²) in [5, 5.41) is 10.0. The Bertz CT molecular complexity index is 4750. The number of fused-ring (bicyclic) bond motifs is 11. The van der Waals surface area contributed by atoms with Crippen LogP contribution < -0.4 is 0 Å². The maximum Gasteiger partial charge on any atom is 0.0541 e. The second kappa shape index (κ2) is 19.7. The molecule has 14 aromatic rings. The van der Waals surface area contributed by atoms with Crippen molar-refractivity contribution in [3.05, 3.63) is 287 Å². The Balaban J connectivity index is 0.697. The molecule has 0 atom stereocenters. The third-order valence-electron chi connectivity index (χ3n) is 18.5. The van der Waals surface area contributed by atoms with Crippen LogP contribution in [0, 0.1) is 0 Å². The van der Waals surface area contributed by atoms with Crippen LogP contribution in [-0.4, -0.2) is 9.13 Å². The highest BCUT2D eigenvalue weighted by atomic mass is 15.0. The first-order chi connectivity index (χ1) is 41.2. The standard InChI is InChI=1S/C83H68N2/c1-81(2,3)59-35-39-61(40-36-59)84-77-23-15-13-21-71(77)73-51-57(33-47-79(73)84)65-45-31-55(63-17-9-11-19-67(63)65)29-25-53-27-43-69-70-44-28-54(50-76(70)83(7,8)75(69)49-53)26-30-56-32-46-66(68-20-12-10-18-64(56)68)58-34-48-80-74(52-58)72-22-14-16-24-78(72)85(80)62-41-37-60(38-42-62)82(4,5)6/h9-52H,1-8H3/b29-25+,30-26+. The van der Waals surface area contributed by atoms with Gasteiger partial charge in [-0.2, -0.15) is 0 Å². The molecule has 0 radical (unpaired) electrons. The molecule has 0 aliphatic heterocycles.